The van der Waals surface area contributed by atoms with Gasteiger partial charge in [0.15, 0.2) is 5.78 Å². The van der Waals surface area contributed by atoms with Gasteiger partial charge in [0.25, 0.3) is 0 Å². The minimum Gasteiger partial charge on any atom is -0.494 e. The van der Waals surface area contributed by atoms with E-state index >= 15 is 0 Å². The van der Waals surface area contributed by atoms with Crippen molar-refractivity contribution in [2.45, 2.75) is 32.6 Å². The number of ketones is 1. The molecule has 1 atom stereocenters. The predicted octanol–water partition coefficient (Wildman–Crippen LogP) is 2.44. The highest BCUT2D eigenvalue weighted by Crippen LogP contribution is 2.36. The first-order valence-corrected chi connectivity index (χ1v) is 6.98. The third kappa shape index (κ3) is 2.78. The number of piperidine rings is 1. The van der Waals surface area contributed by atoms with E-state index in [1.165, 1.54) is 0 Å². The van der Waals surface area contributed by atoms with E-state index in [9.17, 15) is 4.79 Å². The van der Waals surface area contributed by atoms with E-state index in [0.29, 0.717) is 11.4 Å². The van der Waals surface area contributed by atoms with E-state index < -0.39 is 0 Å². The van der Waals surface area contributed by atoms with Gasteiger partial charge >= 0.3 is 0 Å². The molecule has 0 saturated carbocycles. The Morgan fingerprint density at radius 1 is 1.58 bits per heavy atom. The fraction of sp³-hybridized carbons (Fsp3) is 0.600. The summed E-state index contributed by atoms with van der Waals surface area (Å²) in [5.74, 6) is 0.701. The molecule has 1 unspecified atom stereocenters. The molecule has 1 aromatic heterocycles. The smallest absolute Gasteiger partial charge is 0.192 e. The lowest BCUT2D eigenvalue weighted by atomic mass is 9.72. The number of pyridine rings is 1. The van der Waals surface area contributed by atoms with Crippen molar-refractivity contribution in [2.24, 2.45) is 5.41 Å². The predicted molar refractivity (Wildman–Crippen MR) is 74.6 cm³/mol. The van der Waals surface area contributed by atoms with Gasteiger partial charge < -0.3 is 10.1 Å². The van der Waals surface area contributed by atoms with Gasteiger partial charge in [-0.15, -0.1) is 0 Å². The molecule has 1 fully saturated rings. The van der Waals surface area contributed by atoms with Crippen molar-refractivity contribution in [3.05, 3.63) is 24.0 Å². The van der Waals surface area contributed by atoms with Crippen LogP contribution in [0.5, 0.6) is 5.75 Å². The number of carbonyl (C=O) groups is 1. The van der Waals surface area contributed by atoms with E-state index in [1.54, 1.807) is 25.4 Å². The second-order valence-corrected chi connectivity index (χ2v) is 5.19. The summed E-state index contributed by atoms with van der Waals surface area (Å²) in [7, 11) is 1.58. The molecule has 19 heavy (non-hydrogen) atoms. The third-order valence-electron chi connectivity index (χ3n) is 3.89. The number of hydrogen-bond acceptors (Lipinski definition) is 4. The standard InChI is InChI=1S/C15H22N2O2/c1-3-7-15(8-5-9-16-11-15)14(18)13-12(19-2)6-4-10-17-13/h4,6,10,16H,3,5,7-9,11H2,1-2H3. The summed E-state index contributed by atoms with van der Waals surface area (Å²) in [6, 6.07) is 3.59. The summed E-state index contributed by atoms with van der Waals surface area (Å²) in [5, 5.41) is 3.36. The Hall–Kier alpha value is -1.42. The first kappa shape index (κ1) is 14.0. The minimum absolute atomic E-state index is 0.124. The average molecular weight is 262 g/mol. The fourth-order valence-corrected chi connectivity index (χ4v) is 2.94. The summed E-state index contributed by atoms with van der Waals surface area (Å²) in [5.41, 5.74) is 0.163. The Kier molecular flexibility index (Phi) is 4.53. The molecule has 0 bridgehead atoms. The molecular formula is C15H22N2O2. The maximum absolute atomic E-state index is 12.9. The van der Waals surface area contributed by atoms with Crippen LogP contribution in [0.15, 0.2) is 18.3 Å². The lowest BCUT2D eigenvalue weighted by Gasteiger charge is -2.36. The summed E-state index contributed by atoms with van der Waals surface area (Å²) in [6.07, 6.45) is 5.54. The lowest BCUT2D eigenvalue weighted by molar-refractivity contribution is 0.0708. The largest absolute Gasteiger partial charge is 0.494 e. The van der Waals surface area contributed by atoms with Crippen LogP contribution in [0.4, 0.5) is 0 Å². The molecule has 0 amide bonds. The van der Waals surface area contributed by atoms with Crippen LogP contribution in [-0.4, -0.2) is 31.0 Å². The first-order chi connectivity index (χ1) is 9.23. The van der Waals surface area contributed by atoms with Crippen LogP contribution in [0.25, 0.3) is 0 Å². The molecule has 0 radical (unpaired) electrons. The fourth-order valence-electron chi connectivity index (χ4n) is 2.94. The van der Waals surface area contributed by atoms with Crippen molar-refractivity contribution in [2.75, 3.05) is 20.2 Å². The number of rotatable bonds is 5. The Bertz CT molecular complexity index is 434. The van der Waals surface area contributed by atoms with Gasteiger partial charge in [0.05, 0.1) is 7.11 Å². The maximum Gasteiger partial charge on any atom is 0.192 e. The maximum atomic E-state index is 12.9. The number of Topliss-reactive ketones (excluding diaryl/α,β-unsaturated/α-hetero) is 1. The topological polar surface area (TPSA) is 51.2 Å². The van der Waals surface area contributed by atoms with Gasteiger partial charge in [0.2, 0.25) is 0 Å². The second kappa shape index (κ2) is 6.15. The van der Waals surface area contributed by atoms with E-state index in [2.05, 4.69) is 17.2 Å². The average Bonchev–Trinajstić information content (AvgIpc) is 2.47. The van der Waals surface area contributed by atoms with E-state index in [-0.39, 0.29) is 11.2 Å². The summed E-state index contributed by atoms with van der Waals surface area (Å²) < 4.78 is 5.28. The van der Waals surface area contributed by atoms with E-state index in [1.807, 2.05) is 0 Å². The molecule has 1 N–H and O–H groups in total. The van der Waals surface area contributed by atoms with Crippen LogP contribution in [0.1, 0.15) is 43.1 Å². The highest BCUT2D eigenvalue weighted by Gasteiger charge is 2.40. The zero-order valence-electron chi connectivity index (χ0n) is 11.7. The van der Waals surface area contributed by atoms with Crippen LogP contribution in [0.2, 0.25) is 0 Å². The number of methoxy groups -OCH3 is 1. The Morgan fingerprint density at radius 2 is 2.42 bits per heavy atom. The number of hydrogen-bond donors (Lipinski definition) is 1. The van der Waals surface area contributed by atoms with Crippen LogP contribution < -0.4 is 10.1 Å². The monoisotopic (exact) mass is 262 g/mol. The van der Waals surface area contributed by atoms with Crippen molar-refractivity contribution in [1.29, 1.82) is 0 Å². The van der Waals surface area contributed by atoms with Crippen LogP contribution in [-0.2, 0) is 0 Å². The zero-order chi connectivity index (χ0) is 13.7. The second-order valence-electron chi connectivity index (χ2n) is 5.19. The molecule has 1 aliphatic rings. The highest BCUT2D eigenvalue weighted by molar-refractivity contribution is 6.01. The van der Waals surface area contributed by atoms with Crippen LogP contribution >= 0.6 is 0 Å². The van der Waals surface area contributed by atoms with E-state index in [0.717, 1.165) is 38.8 Å². The molecule has 1 saturated heterocycles. The lowest BCUT2D eigenvalue weighted by Crippen LogP contribution is -2.45. The van der Waals surface area contributed by atoms with Gasteiger partial charge in [-0.1, -0.05) is 13.3 Å². The Balaban J connectivity index is 2.33. The Labute approximate surface area is 114 Å². The van der Waals surface area contributed by atoms with E-state index in [4.69, 9.17) is 4.74 Å². The van der Waals surface area contributed by atoms with Crippen molar-refractivity contribution in [1.82, 2.24) is 10.3 Å². The summed E-state index contributed by atoms with van der Waals surface area (Å²) in [4.78, 5) is 17.2. The van der Waals surface area contributed by atoms with Gasteiger partial charge in [-0.2, -0.15) is 0 Å². The quantitative estimate of drug-likeness (QED) is 0.828. The van der Waals surface area contributed by atoms with Gasteiger partial charge in [-0.05, 0) is 37.9 Å². The first-order valence-electron chi connectivity index (χ1n) is 6.98. The zero-order valence-corrected chi connectivity index (χ0v) is 11.7. The van der Waals surface area contributed by atoms with Gasteiger partial charge in [0, 0.05) is 18.2 Å². The normalized spacial score (nSPS) is 23.1. The highest BCUT2D eigenvalue weighted by atomic mass is 16.5. The number of carbonyl (C=O) groups excluding carboxylic acids is 1. The Morgan fingerprint density at radius 3 is 3.05 bits per heavy atom. The third-order valence-corrected chi connectivity index (χ3v) is 3.89. The van der Waals surface area contributed by atoms with Crippen molar-refractivity contribution in [3.63, 3.8) is 0 Å². The van der Waals surface area contributed by atoms with Crippen LogP contribution in [0.3, 0.4) is 0 Å². The molecule has 104 valence electrons. The van der Waals surface area contributed by atoms with Gasteiger partial charge in [0.1, 0.15) is 11.4 Å². The molecule has 0 spiro atoms. The van der Waals surface area contributed by atoms with Crippen molar-refractivity contribution >= 4 is 5.78 Å². The summed E-state index contributed by atoms with van der Waals surface area (Å²) in [6.45, 7) is 3.87. The molecule has 4 nitrogen and oxygen atoms in total. The number of nitrogens with zero attached hydrogens (tertiary/aromatic N) is 1. The molecular weight excluding hydrogens is 240 g/mol. The summed E-state index contributed by atoms with van der Waals surface area (Å²) >= 11 is 0. The molecule has 0 aromatic carbocycles. The van der Waals surface area contributed by atoms with Crippen LogP contribution in [0, 0.1) is 5.41 Å². The number of nitrogens with one attached hydrogen (secondary N) is 1. The molecule has 2 heterocycles. The van der Waals surface area contributed by atoms with Crippen molar-refractivity contribution < 1.29 is 9.53 Å². The molecule has 2 rings (SSSR count). The van der Waals surface area contributed by atoms with Crippen molar-refractivity contribution in [3.8, 4) is 5.75 Å². The van der Waals surface area contributed by atoms with Gasteiger partial charge in [-0.3, -0.25) is 4.79 Å². The molecule has 0 aliphatic carbocycles. The van der Waals surface area contributed by atoms with Gasteiger partial charge in [-0.25, -0.2) is 4.98 Å². The molecule has 4 heteroatoms. The molecule has 1 aromatic rings. The minimum atomic E-state index is -0.311. The molecule has 1 aliphatic heterocycles. The SMILES string of the molecule is CCCC1(C(=O)c2ncccc2OC)CCCNC1. The number of aromatic nitrogens is 1. The number of ether oxygens (including phenoxy) is 1.